The maximum atomic E-state index is 12.3. The maximum absolute atomic E-state index is 12.3. The summed E-state index contributed by atoms with van der Waals surface area (Å²) in [6.45, 7) is 8.48. The van der Waals surface area contributed by atoms with E-state index in [1.807, 2.05) is 34.7 Å². The van der Waals surface area contributed by atoms with Gasteiger partial charge in [0.05, 0.1) is 5.41 Å². The lowest BCUT2D eigenvalue weighted by Crippen LogP contribution is -2.55. The van der Waals surface area contributed by atoms with Crippen LogP contribution in [0.5, 0.6) is 0 Å². The summed E-state index contributed by atoms with van der Waals surface area (Å²) in [7, 11) is 1.81. The molecular weight excluding hydrogens is 216 g/mol. The number of hydrogen-bond acceptors (Lipinski definition) is 3. The molecular formula is C13H28N2O2. The first kappa shape index (κ1) is 16.4. The van der Waals surface area contributed by atoms with Gasteiger partial charge in [-0.2, -0.15) is 0 Å². The second kappa shape index (κ2) is 6.36. The molecule has 0 saturated heterocycles. The first-order valence-electron chi connectivity index (χ1n) is 6.30. The van der Waals surface area contributed by atoms with E-state index in [-0.39, 0.29) is 12.5 Å². The zero-order chi connectivity index (χ0) is 13.7. The van der Waals surface area contributed by atoms with Crippen molar-refractivity contribution in [2.24, 2.45) is 11.1 Å². The van der Waals surface area contributed by atoms with Gasteiger partial charge in [0.25, 0.3) is 0 Å². The van der Waals surface area contributed by atoms with Gasteiger partial charge in [-0.3, -0.25) is 4.79 Å². The largest absolute Gasteiger partial charge is 0.396 e. The van der Waals surface area contributed by atoms with Gasteiger partial charge in [0, 0.05) is 25.7 Å². The molecule has 0 aliphatic heterocycles. The molecule has 102 valence electrons. The standard InChI is InChI=1S/C13H28N2O2/c1-12(2,13(3,4)14)11(17)15(5)9-7-6-8-10-16/h16H,6-10,14H2,1-5H3. The average Bonchev–Trinajstić information content (AvgIpc) is 2.21. The molecule has 4 nitrogen and oxygen atoms in total. The monoisotopic (exact) mass is 244 g/mol. The van der Waals surface area contributed by atoms with E-state index in [4.69, 9.17) is 10.8 Å². The van der Waals surface area contributed by atoms with Gasteiger partial charge in [-0.25, -0.2) is 0 Å². The van der Waals surface area contributed by atoms with Crippen LogP contribution in [-0.2, 0) is 4.79 Å². The van der Waals surface area contributed by atoms with Gasteiger partial charge in [-0.1, -0.05) is 0 Å². The quantitative estimate of drug-likeness (QED) is 0.665. The van der Waals surface area contributed by atoms with Crippen LogP contribution < -0.4 is 5.73 Å². The Balaban J connectivity index is 4.30. The minimum Gasteiger partial charge on any atom is -0.396 e. The van der Waals surface area contributed by atoms with Gasteiger partial charge in [-0.05, 0) is 47.0 Å². The highest BCUT2D eigenvalue weighted by molar-refractivity contribution is 5.83. The number of amides is 1. The van der Waals surface area contributed by atoms with Gasteiger partial charge in [-0.15, -0.1) is 0 Å². The molecule has 0 aromatic carbocycles. The normalized spacial score (nSPS) is 12.6. The molecule has 0 rings (SSSR count). The van der Waals surface area contributed by atoms with E-state index in [0.29, 0.717) is 0 Å². The van der Waals surface area contributed by atoms with E-state index in [0.717, 1.165) is 25.8 Å². The fraction of sp³-hybridized carbons (Fsp3) is 0.923. The number of aliphatic hydroxyl groups excluding tert-OH is 1. The summed E-state index contributed by atoms with van der Waals surface area (Å²) in [5.74, 6) is 0.0778. The zero-order valence-electron chi connectivity index (χ0n) is 11.9. The predicted octanol–water partition coefficient (Wildman–Crippen LogP) is 1.37. The minimum absolute atomic E-state index is 0.0778. The van der Waals surface area contributed by atoms with E-state index < -0.39 is 11.0 Å². The van der Waals surface area contributed by atoms with Crippen LogP contribution in [0.2, 0.25) is 0 Å². The van der Waals surface area contributed by atoms with Crippen molar-refractivity contribution in [2.45, 2.75) is 52.5 Å². The van der Waals surface area contributed by atoms with Gasteiger partial charge >= 0.3 is 0 Å². The number of nitrogens with zero attached hydrogens (tertiary/aromatic N) is 1. The molecule has 0 bridgehead atoms. The number of hydrogen-bond donors (Lipinski definition) is 2. The summed E-state index contributed by atoms with van der Waals surface area (Å²) in [5.41, 5.74) is 4.94. The molecule has 0 aromatic rings. The Bertz CT molecular complexity index is 244. The molecule has 1 amide bonds. The van der Waals surface area contributed by atoms with Gasteiger partial charge in [0.1, 0.15) is 0 Å². The van der Waals surface area contributed by atoms with Crippen molar-refractivity contribution in [3.8, 4) is 0 Å². The number of carbonyl (C=O) groups is 1. The van der Waals surface area contributed by atoms with Crippen LogP contribution >= 0.6 is 0 Å². The third-order valence-electron chi connectivity index (χ3n) is 3.64. The molecule has 0 spiro atoms. The summed E-state index contributed by atoms with van der Waals surface area (Å²) in [6, 6.07) is 0. The fourth-order valence-electron chi connectivity index (χ4n) is 1.49. The molecule has 0 aromatic heterocycles. The molecule has 3 N–H and O–H groups in total. The Kier molecular flexibility index (Phi) is 6.13. The highest BCUT2D eigenvalue weighted by atomic mass is 16.2. The van der Waals surface area contributed by atoms with Crippen LogP contribution in [0.25, 0.3) is 0 Å². The minimum atomic E-state index is -0.571. The Morgan fingerprint density at radius 2 is 1.71 bits per heavy atom. The molecule has 0 atom stereocenters. The third-order valence-corrected chi connectivity index (χ3v) is 3.64. The Morgan fingerprint density at radius 1 is 1.18 bits per heavy atom. The smallest absolute Gasteiger partial charge is 0.229 e. The molecule has 17 heavy (non-hydrogen) atoms. The van der Waals surface area contributed by atoms with Crippen LogP contribution in [0.4, 0.5) is 0 Å². The summed E-state index contributed by atoms with van der Waals surface area (Å²) < 4.78 is 0. The van der Waals surface area contributed by atoms with Crippen LogP contribution in [0, 0.1) is 5.41 Å². The Hall–Kier alpha value is -0.610. The van der Waals surface area contributed by atoms with E-state index in [1.54, 1.807) is 4.90 Å². The van der Waals surface area contributed by atoms with E-state index in [1.165, 1.54) is 0 Å². The molecule has 0 aliphatic carbocycles. The summed E-state index contributed by atoms with van der Waals surface area (Å²) >= 11 is 0. The molecule has 0 radical (unpaired) electrons. The Morgan fingerprint density at radius 3 is 2.12 bits per heavy atom. The van der Waals surface area contributed by atoms with E-state index >= 15 is 0 Å². The lowest BCUT2D eigenvalue weighted by atomic mass is 9.74. The molecule has 0 aliphatic rings. The lowest BCUT2D eigenvalue weighted by Gasteiger charge is -2.39. The van der Waals surface area contributed by atoms with Crippen LogP contribution in [-0.4, -0.2) is 41.7 Å². The van der Waals surface area contributed by atoms with Crippen molar-refractivity contribution in [1.29, 1.82) is 0 Å². The van der Waals surface area contributed by atoms with Crippen molar-refractivity contribution in [1.82, 2.24) is 4.90 Å². The maximum Gasteiger partial charge on any atom is 0.229 e. The summed E-state index contributed by atoms with van der Waals surface area (Å²) in [4.78, 5) is 14.0. The topological polar surface area (TPSA) is 66.6 Å². The van der Waals surface area contributed by atoms with E-state index in [9.17, 15) is 4.79 Å². The second-order valence-corrected chi connectivity index (χ2v) is 5.86. The van der Waals surface area contributed by atoms with Crippen LogP contribution in [0.3, 0.4) is 0 Å². The average molecular weight is 244 g/mol. The summed E-state index contributed by atoms with van der Waals surface area (Å²) in [6.07, 6.45) is 2.66. The predicted molar refractivity (Wildman–Crippen MR) is 70.6 cm³/mol. The first-order chi connectivity index (χ1) is 7.64. The molecule has 0 heterocycles. The zero-order valence-corrected chi connectivity index (χ0v) is 11.9. The van der Waals surface area contributed by atoms with Gasteiger partial charge in [0.2, 0.25) is 5.91 Å². The van der Waals surface area contributed by atoms with Crippen LogP contribution in [0.1, 0.15) is 47.0 Å². The fourth-order valence-corrected chi connectivity index (χ4v) is 1.49. The third kappa shape index (κ3) is 4.64. The van der Waals surface area contributed by atoms with Crippen molar-refractivity contribution in [3.05, 3.63) is 0 Å². The number of aliphatic hydroxyl groups is 1. The SMILES string of the molecule is CN(CCCCCO)C(=O)C(C)(C)C(C)(C)N. The highest BCUT2D eigenvalue weighted by Gasteiger charge is 2.41. The lowest BCUT2D eigenvalue weighted by molar-refractivity contribution is -0.142. The van der Waals surface area contributed by atoms with E-state index in [2.05, 4.69) is 0 Å². The number of unbranched alkanes of at least 4 members (excludes halogenated alkanes) is 2. The molecule has 4 heteroatoms. The molecule has 0 fully saturated rings. The van der Waals surface area contributed by atoms with Crippen LogP contribution in [0.15, 0.2) is 0 Å². The van der Waals surface area contributed by atoms with Gasteiger partial charge < -0.3 is 15.7 Å². The van der Waals surface area contributed by atoms with Gasteiger partial charge in [0.15, 0.2) is 0 Å². The second-order valence-electron chi connectivity index (χ2n) is 5.86. The number of rotatable bonds is 7. The summed E-state index contributed by atoms with van der Waals surface area (Å²) in [5, 5.41) is 8.68. The van der Waals surface area contributed by atoms with Crippen molar-refractivity contribution < 1.29 is 9.90 Å². The molecule has 0 unspecified atom stereocenters. The first-order valence-corrected chi connectivity index (χ1v) is 6.30. The highest BCUT2D eigenvalue weighted by Crippen LogP contribution is 2.30. The Labute approximate surface area is 105 Å². The van der Waals surface area contributed by atoms with Crippen molar-refractivity contribution in [3.63, 3.8) is 0 Å². The molecule has 0 saturated carbocycles. The number of nitrogens with two attached hydrogens (primary N) is 1. The van der Waals surface area contributed by atoms with Crippen molar-refractivity contribution >= 4 is 5.91 Å². The number of carbonyl (C=O) groups excluding carboxylic acids is 1. The van der Waals surface area contributed by atoms with Crippen molar-refractivity contribution in [2.75, 3.05) is 20.2 Å².